The molecule has 7 heteroatoms. The Balaban J connectivity index is 1.34. The monoisotopic (exact) mass is 330 g/mol. The third-order valence-electron chi connectivity index (χ3n) is 4.18. The molecule has 1 atom stereocenters. The number of nitrogens with one attached hydrogen (secondary N) is 1. The summed E-state index contributed by atoms with van der Waals surface area (Å²) in [5.41, 5.74) is 0.270. The summed E-state index contributed by atoms with van der Waals surface area (Å²) >= 11 is 0. The number of benzene rings is 1. The zero-order valence-electron chi connectivity index (χ0n) is 13.3. The Morgan fingerprint density at radius 1 is 1.38 bits per heavy atom. The standard InChI is InChI=1S/C17H18N2O5/c1-10(11-2-3-11)18-17(20)13-7-22-16(19-13)8-21-12-4-5-14-15(6-12)24-9-23-14/h4-7,10-11H,2-3,8-9H2,1H3,(H,18,20)/t10-/m0/s1. The topological polar surface area (TPSA) is 82.8 Å². The van der Waals surface area contributed by atoms with Gasteiger partial charge in [0.15, 0.2) is 23.8 Å². The lowest BCUT2D eigenvalue weighted by atomic mass is 10.2. The first kappa shape index (κ1) is 14.9. The lowest BCUT2D eigenvalue weighted by Crippen LogP contribution is -2.34. The second-order valence-electron chi connectivity index (χ2n) is 6.03. The van der Waals surface area contributed by atoms with Gasteiger partial charge in [-0.1, -0.05) is 0 Å². The Kier molecular flexibility index (Phi) is 3.76. The fourth-order valence-corrected chi connectivity index (χ4v) is 2.59. The second kappa shape index (κ2) is 6.07. The number of carbonyl (C=O) groups excluding carboxylic acids is 1. The molecule has 7 nitrogen and oxygen atoms in total. The Hall–Kier alpha value is -2.70. The quantitative estimate of drug-likeness (QED) is 0.876. The molecule has 0 bridgehead atoms. The lowest BCUT2D eigenvalue weighted by Gasteiger charge is -2.10. The highest BCUT2D eigenvalue weighted by atomic mass is 16.7. The maximum atomic E-state index is 12.1. The van der Waals surface area contributed by atoms with E-state index in [1.807, 2.05) is 6.92 Å². The average molecular weight is 330 g/mol. The highest BCUT2D eigenvalue weighted by Crippen LogP contribution is 2.35. The predicted octanol–water partition coefficient (Wildman–Crippen LogP) is 2.51. The number of rotatable bonds is 6. The number of aromatic nitrogens is 1. The van der Waals surface area contributed by atoms with Crippen molar-refractivity contribution in [1.82, 2.24) is 10.3 Å². The smallest absolute Gasteiger partial charge is 0.273 e. The number of carbonyl (C=O) groups is 1. The molecule has 1 N–H and O–H groups in total. The predicted molar refractivity (Wildman–Crippen MR) is 83.1 cm³/mol. The molecule has 2 aliphatic rings. The van der Waals surface area contributed by atoms with Crippen molar-refractivity contribution in [3.05, 3.63) is 36.0 Å². The first-order valence-electron chi connectivity index (χ1n) is 7.97. The van der Waals surface area contributed by atoms with Crippen molar-refractivity contribution in [2.45, 2.75) is 32.4 Å². The largest absolute Gasteiger partial charge is 0.484 e. The van der Waals surface area contributed by atoms with E-state index in [4.69, 9.17) is 18.6 Å². The van der Waals surface area contributed by atoms with E-state index in [-0.39, 0.29) is 31.0 Å². The second-order valence-corrected chi connectivity index (χ2v) is 6.03. The third-order valence-corrected chi connectivity index (χ3v) is 4.18. The molecule has 1 aliphatic carbocycles. The van der Waals surface area contributed by atoms with Crippen molar-refractivity contribution < 1.29 is 23.4 Å². The fourth-order valence-electron chi connectivity index (χ4n) is 2.59. The molecule has 0 spiro atoms. The van der Waals surface area contributed by atoms with Crippen LogP contribution in [0.1, 0.15) is 36.1 Å². The van der Waals surface area contributed by atoms with Crippen LogP contribution < -0.4 is 19.5 Å². The summed E-state index contributed by atoms with van der Waals surface area (Å²) in [7, 11) is 0. The number of ether oxygens (including phenoxy) is 3. The number of fused-ring (bicyclic) bond motifs is 1. The van der Waals surface area contributed by atoms with E-state index >= 15 is 0 Å². The molecule has 1 fully saturated rings. The van der Waals surface area contributed by atoms with E-state index in [0.29, 0.717) is 29.1 Å². The molecule has 0 unspecified atom stereocenters. The van der Waals surface area contributed by atoms with E-state index in [9.17, 15) is 4.79 Å². The van der Waals surface area contributed by atoms with Gasteiger partial charge in [-0.2, -0.15) is 0 Å². The van der Waals surface area contributed by atoms with Crippen LogP contribution in [0.25, 0.3) is 0 Å². The molecule has 1 aromatic carbocycles. The van der Waals surface area contributed by atoms with Gasteiger partial charge in [0.25, 0.3) is 5.91 Å². The molecule has 2 heterocycles. The van der Waals surface area contributed by atoms with E-state index in [1.54, 1.807) is 18.2 Å². The summed E-state index contributed by atoms with van der Waals surface area (Å²) in [5.74, 6) is 2.68. The zero-order valence-corrected chi connectivity index (χ0v) is 13.3. The minimum absolute atomic E-state index is 0.130. The molecule has 24 heavy (non-hydrogen) atoms. The van der Waals surface area contributed by atoms with Crippen LogP contribution in [0.4, 0.5) is 0 Å². The number of hydrogen-bond donors (Lipinski definition) is 1. The molecule has 0 radical (unpaired) electrons. The molecule has 1 aliphatic heterocycles. The number of hydrogen-bond acceptors (Lipinski definition) is 6. The van der Waals surface area contributed by atoms with E-state index in [2.05, 4.69) is 10.3 Å². The maximum Gasteiger partial charge on any atom is 0.273 e. The fraction of sp³-hybridized carbons (Fsp3) is 0.412. The van der Waals surface area contributed by atoms with Crippen LogP contribution in [-0.4, -0.2) is 23.7 Å². The SMILES string of the molecule is C[C@H](NC(=O)c1coc(COc2ccc3c(c2)OCO3)n1)C1CC1. The number of oxazole rings is 1. The van der Waals surface area contributed by atoms with Crippen molar-refractivity contribution in [1.29, 1.82) is 0 Å². The van der Waals surface area contributed by atoms with Gasteiger partial charge in [-0.25, -0.2) is 4.98 Å². The molecule has 4 rings (SSSR count). The molecule has 2 aromatic rings. The van der Waals surface area contributed by atoms with Crippen LogP contribution in [0.15, 0.2) is 28.9 Å². The maximum absolute atomic E-state index is 12.1. The molecule has 1 saturated carbocycles. The molecular formula is C17H18N2O5. The van der Waals surface area contributed by atoms with Gasteiger partial charge in [0.1, 0.15) is 12.0 Å². The summed E-state index contributed by atoms with van der Waals surface area (Å²) < 4.78 is 21.5. The molecule has 1 aromatic heterocycles. The van der Waals surface area contributed by atoms with Crippen LogP contribution >= 0.6 is 0 Å². The highest BCUT2D eigenvalue weighted by Gasteiger charge is 2.29. The Morgan fingerprint density at radius 3 is 3.04 bits per heavy atom. The van der Waals surface area contributed by atoms with Crippen LogP contribution in [0.2, 0.25) is 0 Å². The van der Waals surface area contributed by atoms with Crippen molar-refractivity contribution in [3.63, 3.8) is 0 Å². The number of amides is 1. The molecular weight excluding hydrogens is 312 g/mol. The van der Waals surface area contributed by atoms with Crippen molar-refractivity contribution in [2.75, 3.05) is 6.79 Å². The minimum Gasteiger partial charge on any atom is -0.484 e. The summed E-state index contributed by atoms with van der Waals surface area (Å²) in [6.45, 7) is 2.36. The molecule has 0 saturated heterocycles. The summed E-state index contributed by atoms with van der Waals surface area (Å²) in [6, 6.07) is 5.48. The van der Waals surface area contributed by atoms with E-state index in [0.717, 1.165) is 0 Å². The van der Waals surface area contributed by atoms with Crippen LogP contribution in [0, 0.1) is 5.92 Å². The van der Waals surface area contributed by atoms with Gasteiger partial charge in [-0.3, -0.25) is 4.79 Å². The summed E-state index contributed by atoms with van der Waals surface area (Å²) in [6.07, 6.45) is 3.71. The van der Waals surface area contributed by atoms with Gasteiger partial charge in [-0.05, 0) is 37.8 Å². The summed E-state index contributed by atoms with van der Waals surface area (Å²) in [5, 5.41) is 2.94. The van der Waals surface area contributed by atoms with Crippen LogP contribution in [0.3, 0.4) is 0 Å². The van der Waals surface area contributed by atoms with Gasteiger partial charge in [-0.15, -0.1) is 0 Å². The van der Waals surface area contributed by atoms with Crippen LogP contribution in [-0.2, 0) is 6.61 Å². The van der Waals surface area contributed by atoms with Gasteiger partial charge in [0.2, 0.25) is 12.7 Å². The Bertz CT molecular complexity index is 753. The summed E-state index contributed by atoms with van der Waals surface area (Å²) in [4.78, 5) is 16.3. The third kappa shape index (κ3) is 3.15. The minimum atomic E-state index is -0.215. The average Bonchev–Trinajstić information content (AvgIpc) is 3.15. The van der Waals surface area contributed by atoms with Gasteiger partial charge < -0.3 is 23.9 Å². The van der Waals surface area contributed by atoms with E-state index in [1.165, 1.54) is 19.1 Å². The number of nitrogens with zero attached hydrogens (tertiary/aromatic N) is 1. The first-order valence-corrected chi connectivity index (χ1v) is 7.97. The first-order chi connectivity index (χ1) is 11.7. The zero-order chi connectivity index (χ0) is 16.5. The van der Waals surface area contributed by atoms with Crippen molar-refractivity contribution in [3.8, 4) is 17.2 Å². The normalized spacial score (nSPS) is 16.7. The molecule has 1 amide bonds. The van der Waals surface area contributed by atoms with Gasteiger partial charge >= 0.3 is 0 Å². The molecule has 126 valence electrons. The lowest BCUT2D eigenvalue weighted by molar-refractivity contribution is 0.0930. The van der Waals surface area contributed by atoms with Gasteiger partial charge in [0.05, 0.1) is 0 Å². The highest BCUT2D eigenvalue weighted by molar-refractivity contribution is 5.92. The van der Waals surface area contributed by atoms with Crippen LogP contribution in [0.5, 0.6) is 17.2 Å². The van der Waals surface area contributed by atoms with E-state index < -0.39 is 0 Å². The van der Waals surface area contributed by atoms with Crippen molar-refractivity contribution >= 4 is 5.91 Å². The Morgan fingerprint density at radius 2 is 2.21 bits per heavy atom. The Labute approximate surface area is 138 Å². The van der Waals surface area contributed by atoms with Gasteiger partial charge in [0, 0.05) is 12.1 Å². The van der Waals surface area contributed by atoms with Crippen molar-refractivity contribution in [2.24, 2.45) is 5.92 Å².